The van der Waals surface area contributed by atoms with Gasteiger partial charge >= 0.3 is 0 Å². The van der Waals surface area contributed by atoms with E-state index in [0.717, 1.165) is 36.0 Å². The zero-order valence-electron chi connectivity index (χ0n) is 18.8. The van der Waals surface area contributed by atoms with Crippen molar-refractivity contribution in [3.05, 3.63) is 48.1 Å². The van der Waals surface area contributed by atoms with Crippen LogP contribution in [0, 0.1) is 11.8 Å². The van der Waals surface area contributed by atoms with Gasteiger partial charge in [0.1, 0.15) is 0 Å². The SMILES string of the molecule is C1=CCCC(c2cccc(P3N4C5CCCCC5CC4C4CC5CCCCC5N43)c2)=C1. The minimum absolute atomic E-state index is 0.324. The number of nitrogens with zero attached hydrogens (tertiary/aromatic N) is 2. The predicted octanol–water partition coefficient (Wildman–Crippen LogP) is 6.64. The molecule has 6 unspecified atom stereocenters. The molecule has 3 heteroatoms. The van der Waals surface area contributed by atoms with Crippen LogP contribution in [-0.4, -0.2) is 33.5 Å². The molecule has 31 heavy (non-hydrogen) atoms. The summed E-state index contributed by atoms with van der Waals surface area (Å²) in [6, 6.07) is 13.3. The van der Waals surface area contributed by atoms with Gasteiger partial charge in [-0.05, 0) is 80.4 Å². The first-order chi connectivity index (χ1) is 15.4. The van der Waals surface area contributed by atoms with Crippen LogP contribution in [0.25, 0.3) is 5.57 Å². The molecular formula is C28H37N2P. The molecule has 7 rings (SSSR count). The van der Waals surface area contributed by atoms with Gasteiger partial charge in [-0.15, -0.1) is 0 Å². The monoisotopic (exact) mass is 432 g/mol. The summed E-state index contributed by atoms with van der Waals surface area (Å²) < 4.78 is 6.28. The fourth-order valence-electron chi connectivity index (χ4n) is 8.24. The van der Waals surface area contributed by atoms with Crippen molar-refractivity contribution in [3.63, 3.8) is 0 Å². The Balaban J connectivity index is 1.30. The Morgan fingerprint density at radius 3 is 2.10 bits per heavy atom. The second-order valence-electron chi connectivity index (χ2n) is 11.1. The predicted molar refractivity (Wildman–Crippen MR) is 131 cm³/mol. The lowest BCUT2D eigenvalue weighted by atomic mass is 9.83. The zero-order chi connectivity index (χ0) is 20.4. The molecule has 6 aliphatic rings. The first-order valence-electron chi connectivity index (χ1n) is 13.2. The molecule has 0 bridgehead atoms. The van der Waals surface area contributed by atoms with E-state index in [1.165, 1.54) is 82.6 Å². The Bertz CT molecular complexity index is 870. The highest BCUT2D eigenvalue weighted by Gasteiger charge is 2.61. The van der Waals surface area contributed by atoms with Gasteiger partial charge in [0, 0.05) is 29.5 Å². The second kappa shape index (κ2) is 7.82. The molecule has 0 radical (unpaired) electrons. The highest BCUT2D eigenvalue weighted by Crippen LogP contribution is 2.67. The molecule has 0 amide bonds. The van der Waals surface area contributed by atoms with Crippen LogP contribution in [-0.2, 0) is 0 Å². The van der Waals surface area contributed by atoms with E-state index in [9.17, 15) is 0 Å². The van der Waals surface area contributed by atoms with Crippen LogP contribution in [0.4, 0.5) is 0 Å². The van der Waals surface area contributed by atoms with E-state index in [4.69, 9.17) is 0 Å². The molecule has 5 fully saturated rings. The maximum atomic E-state index is 3.14. The van der Waals surface area contributed by atoms with Gasteiger partial charge in [0.05, 0.1) is 8.22 Å². The van der Waals surface area contributed by atoms with Crippen LogP contribution in [0.3, 0.4) is 0 Å². The summed E-state index contributed by atoms with van der Waals surface area (Å²) in [7, 11) is -0.324. The summed E-state index contributed by atoms with van der Waals surface area (Å²) in [6.07, 6.45) is 24.1. The van der Waals surface area contributed by atoms with E-state index in [1.54, 1.807) is 10.9 Å². The molecule has 0 N–H and O–H groups in total. The summed E-state index contributed by atoms with van der Waals surface area (Å²) >= 11 is 0. The standard InChI is InChI=1S/C28H37N2P/c1-2-9-20(10-3-1)21-13-8-14-24(17-21)31-29-25-15-6-4-11-22(25)18-27(29)28-19-23-12-5-7-16-26(23)30(28)31/h1-2,8-9,13-14,17,22-23,25-28H,3-7,10-12,15-16,18-19H2. The van der Waals surface area contributed by atoms with Gasteiger partial charge in [-0.1, -0.05) is 62.1 Å². The molecule has 3 saturated heterocycles. The third-order valence-electron chi connectivity index (χ3n) is 9.53. The molecule has 1 aromatic rings. The maximum Gasteiger partial charge on any atom is 0.0736 e. The van der Waals surface area contributed by atoms with Crippen LogP contribution in [0.15, 0.2) is 42.5 Å². The van der Waals surface area contributed by atoms with E-state index in [2.05, 4.69) is 51.8 Å². The molecule has 3 heterocycles. The summed E-state index contributed by atoms with van der Waals surface area (Å²) in [5.41, 5.74) is 3.03. The van der Waals surface area contributed by atoms with Gasteiger partial charge in [0.25, 0.3) is 0 Å². The van der Waals surface area contributed by atoms with Gasteiger partial charge in [0.2, 0.25) is 0 Å². The highest BCUT2D eigenvalue weighted by molar-refractivity contribution is 7.61. The Hall–Kier alpha value is -0.950. The van der Waals surface area contributed by atoms with Crippen LogP contribution in [0.5, 0.6) is 0 Å². The van der Waals surface area contributed by atoms with E-state index < -0.39 is 0 Å². The fourth-order valence-corrected chi connectivity index (χ4v) is 11.7. The summed E-state index contributed by atoms with van der Waals surface area (Å²) in [6.45, 7) is 0. The van der Waals surface area contributed by atoms with Crippen molar-refractivity contribution in [2.75, 3.05) is 0 Å². The van der Waals surface area contributed by atoms with Gasteiger partial charge < -0.3 is 0 Å². The van der Waals surface area contributed by atoms with E-state index in [1.807, 2.05) is 0 Å². The number of allylic oxidation sites excluding steroid dienone is 4. The van der Waals surface area contributed by atoms with Crippen molar-refractivity contribution in [2.24, 2.45) is 11.8 Å². The molecule has 0 aromatic heterocycles. The Kier molecular flexibility index (Phi) is 4.92. The van der Waals surface area contributed by atoms with Crippen molar-refractivity contribution >= 4 is 19.1 Å². The van der Waals surface area contributed by atoms with Gasteiger partial charge in [0.15, 0.2) is 0 Å². The van der Waals surface area contributed by atoms with Gasteiger partial charge in [-0.25, -0.2) is 0 Å². The topological polar surface area (TPSA) is 6.48 Å². The van der Waals surface area contributed by atoms with Crippen molar-refractivity contribution in [3.8, 4) is 0 Å². The number of hydrogen-bond acceptors (Lipinski definition) is 2. The molecule has 3 aliphatic carbocycles. The second-order valence-corrected chi connectivity index (χ2v) is 13.1. The molecular weight excluding hydrogens is 395 g/mol. The normalized spacial score (nSPS) is 42.1. The Morgan fingerprint density at radius 2 is 1.45 bits per heavy atom. The molecule has 164 valence electrons. The summed E-state index contributed by atoms with van der Waals surface area (Å²) in [5.74, 6) is 1.98. The Labute approximate surface area is 189 Å². The van der Waals surface area contributed by atoms with E-state index >= 15 is 0 Å². The highest BCUT2D eigenvalue weighted by atomic mass is 31.1. The van der Waals surface area contributed by atoms with Crippen molar-refractivity contribution in [1.29, 1.82) is 0 Å². The third-order valence-corrected chi connectivity index (χ3v) is 12.3. The quantitative estimate of drug-likeness (QED) is 0.484. The Morgan fingerprint density at radius 1 is 0.774 bits per heavy atom. The average Bonchev–Trinajstić information content (AvgIpc) is 3.48. The van der Waals surface area contributed by atoms with Crippen LogP contribution >= 0.6 is 8.22 Å². The van der Waals surface area contributed by atoms with Crippen molar-refractivity contribution < 1.29 is 0 Å². The minimum Gasteiger partial charge on any atom is -0.258 e. The minimum atomic E-state index is -0.324. The van der Waals surface area contributed by atoms with Gasteiger partial charge in [-0.3, -0.25) is 9.34 Å². The molecule has 1 aromatic carbocycles. The number of rotatable bonds is 2. The lowest BCUT2D eigenvalue weighted by Crippen LogP contribution is -2.38. The molecule has 0 spiro atoms. The fraction of sp³-hybridized carbons (Fsp3) is 0.643. The first kappa shape index (κ1) is 19.5. The molecule has 2 saturated carbocycles. The number of hydrogen-bond donors (Lipinski definition) is 0. The van der Waals surface area contributed by atoms with Gasteiger partial charge in [-0.2, -0.15) is 0 Å². The molecule has 3 aliphatic heterocycles. The van der Waals surface area contributed by atoms with Crippen molar-refractivity contribution in [1.82, 2.24) is 9.34 Å². The van der Waals surface area contributed by atoms with Crippen LogP contribution in [0.1, 0.15) is 82.6 Å². The van der Waals surface area contributed by atoms with E-state index in [-0.39, 0.29) is 8.22 Å². The number of benzene rings is 1. The number of fused-ring (bicyclic) bond motifs is 7. The maximum absolute atomic E-state index is 3.14. The largest absolute Gasteiger partial charge is 0.258 e. The zero-order valence-corrected chi connectivity index (χ0v) is 19.7. The first-order valence-corrected chi connectivity index (χ1v) is 14.5. The van der Waals surface area contributed by atoms with E-state index in [0.29, 0.717) is 0 Å². The van der Waals surface area contributed by atoms with Crippen molar-refractivity contribution in [2.45, 2.75) is 101 Å². The lowest BCUT2D eigenvalue weighted by Gasteiger charge is -2.41. The smallest absolute Gasteiger partial charge is 0.0736 e. The molecule has 6 atom stereocenters. The third kappa shape index (κ3) is 3.08. The van der Waals surface area contributed by atoms with Crippen LogP contribution in [0.2, 0.25) is 0 Å². The van der Waals surface area contributed by atoms with Crippen LogP contribution < -0.4 is 5.30 Å². The molecule has 2 nitrogen and oxygen atoms in total. The lowest BCUT2D eigenvalue weighted by molar-refractivity contribution is 0.250. The summed E-state index contributed by atoms with van der Waals surface area (Å²) in [5, 5.41) is 1.66. The average molecular weight is 433 g/mol. The summed E-state index contributed by atoms with van der Waals surface area (Å²) in [4.78, 5) is 0.